The molecule has 0 saturated carbocycles. The first-order valence-electron chi connectivity index (χ1n) is 7.09. The molecule has 0 radical (unpaired) electrons. The summed E-state index contributed by atoms with van der Waals surface area (Å²) < 4.78 is 32.8. The number of anilines is 1. The van der Waals surface area contributed by atoms with E-state index in [9.17, 15) is 8.78 Å². The lowest BCUT2D eigenvalue weighted by Gasteiger charge is -2.13. The first-order valence-corrected chi connectivity index (χ1v) is 7.09. The first kappa shape index (κ1) is 15.5. The largest absolute Gasteiger partial charge is 0.457 e. The SMILES string of the molecule is N#Cc1cccc(Oc2cc(N)ccc2-c2cc(F)cc(F)c2)c1. The predicted octanol–water partition coefficient (Wildman–Crippen LogP) is 4.88. The summed E-state index contributed by atoms with van der Waals surface area (Å²) in [5, 5.41) is 8.96. The number of nitrogens with zero attached hydrogens (tertiary/aromatic N) is 1. The smallest absolute Gasteiger partial charge is 0.137 e. The summed E-state index contributed by atoms with van der Waals surface area (Å²) in [5.41, 5.74) is 7.50. The van der Waals surface area contributed by atoms with Gasteiger partial charge in [-0.2, -0.15) is 5.26 Å². The molecule has 0 amide bonds. The zero-order chi connectivity index (χ0) is 17.1. The second-order valence-corrected chi connectivity index (χ2v) is 5.16. The molecule has 0 bridgehead atoms. The monoisotopic (exact) mass is 322 g/mol. The van der Waals surface area contributed by atoms with Crippen molar-refractivity contribution in [1.29, 1.82) is 5.26 Å². The minimum Gasteiger partial charge on any atom is -0.457 e. The highest BCUT2D eigenvalue weighted by atomic mass is 19.1. The molecule has 0 fully saturated rings. The van der Waals surface area contributed by atoms with Gasteiger partial charge in [-0.1, -0.05) is 6.07 Å². The molecule has 0 spiro atoms. The van der Waals surface area contributed by atoms with Crippen LogP contribution in [0.15, 0.2) is 60.7 Å². The summed E-state index contributed by atoms with van der Waals surface area (Å²) in [6.45, 7) is 0. The highest BCUT2D eigenvalue weighted by molar-refractivity contribution is 5.73. The van der Waals surface area contributed by atoms with Crippen LogP contribution in [0, 0.1) is 23.0 Å². The number of nitriles is 1. The molecule has 0 aliphatic rings. The quantitative estimate of drug-likeness (QED) is 0.699. The highest BCUT2D eigenvalue weighted by Crippen LogP contribution is 2.35. The maximum Gasteiger partial charge on any atom is 0.137 e. The lowest BCUT2D eigenvalue weighted by molar-refractivity contribution is 0.484. The van der Waals surface area contributed by atoms with E-state index in [0.717, 1.165) is 6.07 Å². The zero-order valence-electron chi connectivity index (χ0n) is 12.5. The molecule has 5 heteroatoms. The molecule has 3 aromatic carbocycles. The van der Waals surface area contributed by atoms with Gasteiger partial charge >= 0.3 is 0 Å². The number of hydrogen-bond donors (Lipinski definition) is 1. The van der Waals surface area contributed by atoms with Crippen LogP contribution >= 0.6 is 0 Å². The van der Waals surface area contributed by atoms with Crippen molar-refractivity contribution in [2.75, 3.05) is 5.73 Å². The average molecular weight is 322 g/mol. The Balaban J connectivity index is 2.07. The molecule has 3 nitrogen and oxygen atoms in total. The second kappa shape index (κ2) is 6.39. The molecular weight excluding hydrogens is 310 g/mol. The Labute approximate surface area is 137 Å². The van der Waals surface area contributed by atoms with E-state index in [2.05, 4.69) is 0 Å². The molecule has 0 unspecified atom stereocenters. The minimum absolute atomic E-state index is 0.332. The van der Waals surface area contributed by atoms with Crippen molar-refractivity contribution in [2.45, 2.75) is 0 Å². The van der Waals surface area contributed by atoms with Gasteiger partial charge in [-0.15, -0.1) is 0 Å². The Hall–Kier alpha value is -3.39. The molecule has 0 heterocycles. The van der Waals surface area contributed by atoms with Crippen LogP contribution in [0.1, 0.15) is 5.56 Å². The highest BCUT2D eigenvalue weighted by Gasteiger charge is 2.11. The maximum absolute atomic E-state index is 13.5. The van der Waals surface area contributed by atoms with E-state index in [4.69, 9.17) is 15.7 Å². The number of nitrogens with two attached hydrogens (primary N) is 1. The Morgan fingerprint density at radius 2 is 1.67 bits per heavy atom. The van der Waals surface area contributed by atoms with Gasteiger partial charge in [0, 0.05) is 23.4 Å². The van der Waals surface area contributed by atoms with E-state index in [0.29, 0.717) is 33.9 Å². The van der Waals surface area contributed by atoms with E-state index in [1.807, 2.05) is 6.07 Å². The minimum atomic E-state index is -0.681. The molecule has 118 valence electrons. The number of halogens is 2. The Morgan fingerprint density at radius 3 is 2.38 bits per heavy atom. The number of nitrogen functional groups attached to an aromatic ring is 1. The molecule has 3 aromatic rings. The Bertz CT molecular complexity index is 928. The van der Waals surface area contributed by atoms with E-state index < -0.39 is 11.6 Å². The van der Waals surface area contributed by atoms with Gasteiger partial charge in [0.2, 0.25) is 0 Å². The standard InChI is InChI=1S/C19H12F2N2O/c20-14-7-13(8-15(21)9-14)18-5-4-16(23)10-19(18)24-17-3-1-2-12(6-17)11-22/h1-10H,23H2. The van der Waals surface area contributed by atoms with Gasteiger partial charge in [-0.25, -0.2) is 8.78 Å². The lowest BCUT2D eigenvalue weighted by Crippen LogP contribution is -1.93. The molecule has 0 aromatic heterocycles. The molecule has 0 saturated heterocycles. The summed E-state index contributed by atoms with van der Waals surface area (Å²) >= 11 is 0. The summed E-state index contributed by atoms with van der Waals surface area (Å²) in [4.78, 5) is 0. The van der Waals surface area contributed by atoms with Crippen molar-refractivity contribution in [3.8, 4) is 28.7 Å². The fourth-order valence-electron chi connectivity index (χ4n) is 2.33. The van der Waals surface area contributed by atoms with E-state index in [1.54, 1.807) is 42.5 Å². The molecule has 24 heavy (non-hydrogen) atoms. The van der Waals surface area contributed by atoms with Crippen molar-refractivity contribution in [3.05, 3.63) is 77.9 Å². The van der Waals surface area contributed by atoms with Crippen molar-refractivity contribution in [1.82, 2.24) is 0 Å². The fraction of sp³-hybridized carbons (Fsp3) is 0. The maximum atomic E-state index is 13.5. The Morgan fingerprint density at radius 1 is 0.917 bits per heavy atom. The van der Waals surface area contributed by atoms with Crippen LogP contribution < -0.4 is 10.5 Å². The third-order valence-corrected chi connectivity index (χ3v) is 3.37. The van der Waals surface area contributed by atoms with Crippen LogP contribution in [0.2, 0.25) is 0 Å². The van der Waals surface area contributed by atoms with Crippen LogP contribution in [0.25, 0.3) is 11.1 Å². The first-order chi connectivity index (χ1) is 11.5. The lowest BCUT2D eigenvalue weighted by atomic mass is 10.0. The van der Waals surface area contributed by atoms with Gasteiger partial charge in [0.25, 0.3) is 0 Å². The summed E-state index contributed by atoms with van der Waals surface area (Å²) in [6, 6.07) is 16.7. The molecular formula is C19H12F2N2O. The van der Waals surface area contributed by atoms with Crippen LogP contribution in [-0.4, -0.2) is 0 Å². The van der Waals surface area contributed by atoms with E-state index >= 15 is 0 Å². The number of benzene rings is 3. The number of rotatable bonds is 3. The summed E-state index contributed by atoms with van der Waals surface area (Å²) in [6.07, 6.45) is 0. The predicted molar refractivity (Wildman–Crippen MR) is 87.4 cm³/mol. The average Bonchev–Trinajstić information content (AvgIpc) is 2.54. The Kier molecular flexibility index (Phi) is 4.13. The summed E-state index contributed by atoms with van der Waals surface area (Å²) in [5.74, 6) is -0.591. The van der Waals surface area contributed by atoms with Gasteiger partial charge < -0.3 is 10.5 Å². The van der Waals surface area contributed by atoms with Crippen molar-refractivity contribution < 1.29 is 13.5 Å². The van der Waals surface area contributed by atoms with Crippen LogP contribution in [-0.2, 0) is 0 Å². The third kappa shape index (κ3) is 3.33. The van der Waals surface area contributed by atoms with Gasteiger partial charge in [0.05, 0.1) is 11.6 Å². The molecule has 3 rings (SSSR count). The third-order valence-electron chi connectivity index (χ3n) is 3.37. The molecule has 0 aliphatic carbocycles. The summed E-state index contributed by atoms with van der Waals surface area (Å²) in [7, 11) is 0. The second-order valence-electron chi connectivity index (χ2n) is 5.16. The number of hydrogen-bond acceptors (Lipinski definition) is 3. The topological polar surface area (TPSA) is 59.0 Å². The molecule has 2 N–H and O–H groups in total. The normalized spacial score (nSPS) is 10.2. The van der Waals surface area contributed by atoms with Crippen molar-refractivity contribution >= 4 is 5.69 Å². The van der Waals surface area contributed by atoms with Gasteiger partial charge in [0.1, 0.15) is 23.1 Å². The zero-order valence-corrected chi connectivity index (χ0v) is 12.5. The molecule has 0 aliphatic heterocycles. The number of ether oxygens (including phenoxy) is 1. The van der Waals surface area contributed by atoms with Gasteiger partial charge in [-0.05, 0) is 48.0 Å². The fourth-order valence-corrected chi connectivity index (χ4v) is 2.33. The van der Waals surface area contributed by atoms with Gasteiger partial charge in [0.15, 0.2) is 0 Å². The van der Waals surface area contributed by atoms with Crippen LogP contribution in [0.4, 0.5) is 14.5 Å². The van der Waals surface area contributed by atoms with E-state index in [1.165, 1.54) is 12.1 Å². The van der Waals surface area contributed by atoms with Crippen molar-refractivity contribution in [3.63, 3.8) is 0 Å². The van der Waals surface area contributed by atoms with E-state index in [-0.39, 0.29) is 0 Å². The van der Waals surface area contributed by atoms with Crippen LogP contribution in [0.3, 0.4) is 0 Å². The van der Waals surface area contributed by atoms with Crippen LogP contribution in [0.5, 0.6) is 11.5 Å². The van der Waals surface area contributed by atoms with Gasteiger partial charge in [-0.3, -0.25) is 0 Å². The molecule has 0 atom stereocenters. The van der Waals surface area contributed by atoms with Crippen molar-refractivity contribution in [2.24, 2.45) is 0 Å².